The summed E-state index contributed by atoms with van der Waals surface area (Å²) in [6.45, 7) is 1.87. The molecule has 0 atom stereocenters. The molecule has 1 heterocycles. The van der Waals surface area contributed by atoms with Gasteiger partial charge in [0.2, 0.25) is 5.88 Å². The normalized spacial score (nSPS) is 9.11. The summed E-state index contributed by atoms with van der Waals surface area (Å²) in [5.41, 5.74) is 0.870. The standard InChI is InChI=1S/C6H8N2O/c1-5-3-7-4-6(8-5)9-2/h3-4H,1-2H3. The minimum atomic E-state index is 0.565. The number of hydrogen-bond donors (Lipinski definition) is 0. The van der Waals surface area contributed by atoms with Crippen LogP contribution in [-0.4, -0.2) is 17.1 Å². The highest BCUT2D eigenvalue weighted by molar-refractivity contribution is 5.06. The Kier molecular flexibility index (Phi) is 1.63. The molecule has 0 N–H and O–H groups in total. The van der Waals surface area contributed by atoms with Crippen molar-refractivity contribution in [2.24, 2.45) is 0 Å². The minimum Gasteiger partial charge on any atom is -0.480 e. The highest BCUT2D eigenvalue weighted by Gasteiger charge is 1.89. The lowest BCUT2D eigenvalue weighted by atomic mass is 10.5. The van der Waals surface area contributed by atoms with Crippen molar-refractivity contribution < 1.29 is 4.74 Å². The molecule has 3 nitrogen and oxygen atoms in total. The van der Waals surface area contributed by atoms with Crippen molar-refractivity contribution in [2.75, 3.05) is 7.11 Å². The van der Waals surface area contributed by atoms with Gasteiger partial charge in [-0.1, -0.05) is 0 Å². The molecule has 0 unspecified atom stereocenters. The molecule has 0 amide bonds. The van der Waals surface area contributed by atoms with E-state index in [2.05, 4.69) is 9.97 Å². The van der Waals surface area contributed by atoms with Gasteiger partial charge in [-0.2, -0.15) is 0 Å². The van der Waals surface area contributed by atoms with Gasteiger partial charge in [-0.05, 0) is 6.92 Å². The van der Waals surface area contributed by atoms with Crippen LogP contribution in [0.5, 0.6) is 5.88 Å². The zero-order valence-corrected chi connectivity index (χ0v) is 5.46. The Labute approximate surface area is 53.7 Å². The van der Waals surface area contributed by atoms with Gasteiger partial charge in [-0.3, -0.25) is 4.98 Å². The first-order valence-electron chi connectivity index (χ1n) is 2.65. The molecular weight excluding hydrogens is 116 g/mol. The molecule has 0 aromatic carbocycles. The predicted octanol–water partition coefficient (Wildman–Crippen LogP) is 0.794. The van der Waals surface area contributed by atoms with Gasteiger partial charge in [-0.25, -0.2) is 4.98 Å². The maximum atomic E-state index is 4.82. The van der Waals surface area contributed by atoms with Crippen molar-refractivity contribution >= 4 is 0 Å². The fraction of sp³-hybridized carbons (Fsp3) is 0.333. The van der Waals surface area contributed by atoms with Gasteiger partial charge in [0, 0.05) is 6.20 Å². The highest BCUT2D eigenvalue weighted by atomic mass is 16.5. The molecule has 1 aromatic rings. The van der Waals surface area contributed by atoms with Gasteiger partial charge in [0.1, 0.15) is 0 Å². The van der Waals surface area contributed by atoms with Crippen molar-refractivity contribution in [2.45, 2.75) is 6.92 Å². The summed E-state index contributed by atoms with van der Waals surface area (Å²) in [6, 6.07) is 0. The van der Waals surface area contributed by atoms with Crippen LogP contribution in [0, 0.1) is 6.92 Å². The van der Waals surface area contributed by atoms with Gasteiger partial charge in [0.25, 0.3) is 0 Å². The van der Waals surface area contributed by atoms with E-state index in [0.717, 1.165) is 5.69 Å². The fourth-order valence-electron chi connectivity index (χ4n) is 0.539. The summed E-state index contributed by atoms with van der Waals surface area (Å²) >= 11 is 0. The van der Waals surface area contributed by atoms with Crippen LogP contribution in [0.4, 0.5) is 0 Å². The van der Waals surface area contributed by atoms with Crippen LogP contribution >= 0.6 is 0 Å². The summed E-state index contributed by atoms with van der Waals surface area (Å²) in [7, 11) is 1.57. The monoisotopic (exact) mass is 124 g/mol. The number of aryl methyl sites for hydroxylation is 1. The Hall–Kier alpha value is -1.12. The SMILES string of the molecule is COc1cncc(C)n1. The first-order valence-corrected chi connectivity index (χ1v) is 2.65. The lowest BCUT2D eigenvalue weighted by Gasteiger charge is -1.95. The summed E-state index contributed by atoms with van der Waals surface area (Å²) in [6.07, 6.45) is 3.26. The molecular formula is C6H8N2O. The van der Waals surface area contributed by atoms with Crippen molar-refractivity contribution in [3.05, 3.63) is 18.1 Å². The molecule has 0 aliphatic carbocycles. The van der Waals surface area contributed by atoms with Crippen LogP contribution < -0.4 is 4.74 Å². The van der Waals surface area contributed by atoms with E-state index in [1.807, 2.05) is 6.92 Å². The largest absolute Gasteiger partial charge is 0.480 e. The van der Waals surface area contributed by atoms with Gasteiger partial charge >= 0.3 is 0 Å². The first-order chi connectivity index (χ1) is 4.33. The third-order valence-corrected chi connectivity index (χ3v) is 0.942. The second-order valence-electron chi connectivity index (χ2n) is 1.70. The Bertz CT molecular complexity index is 200. The van der Waals surface area contributed by atoms with Crippen LogP contribution in [-0.2, 0) is 0 Å². The molecule has 0 bridgehead atoms. The minimum absolute atomic E-state index is 0.565. The lowest BCUT2D eigenvalue weighted by Crippen LogP contribution is -1.89. The van der Waals surface area contributed by atoms with E-state index in [9.17, 15) is 0 Å². The number of hydrogen-bond acceptors (Lipinski definition) is 3. The molecule has 0 saturated carbocycles. The smallest absolute Gasteiger partial charge is 0.232 e. The van der Waals surface area contributed by atoms with Gasteiger partial charge in [0.15, 0.2) is 0 Å². The Morgan fingerprint density at radius 1 is 1.44 bits per heavy atom. The molecule has 0 saturated heterocycles. The molecule has 0 fully saturated rings. The quantitative estimate of drug-likeness (QED) is 0.555. The molecule has 48 valence electrons. The average molecular weight is 124 g/mol. The summed E-state index contributed by atoms with van der Waals surface area (Å²) in [4.78, 5) is 7.87. The Balaban J connectivity index is 2.94. The predicted molar refractivity (Wildman–Crippen MR) is 33.3 cm³/mol. The highest BCUT2D eigenvalue weighted by Crippen LogP contribution is 2.01. The molecule has 9 heavy (non-hydrogen) atoms. The molecule has 0 aliphatic heterocycles. The van der Waals surface area contributed by atoms with Gasteiger partial charge < -0.3 is 4.74 Å². The molecule has 1 aromatic heterocycles. The van der Waals surface area contributed by atoms with Crippen molar-refractivity contribution in [1.29, 1.82) is 0 Å². The third kappa shape index (κ3) is 1.38. The summed E-state index contributed by atoms with van der Waals surface area (Å²) < 4.78 is 4.82. The Morgan fingerprint density at radius 3 is 2.67 bits per heavy atom. The maximum Gasteiger partial charge on any atom is 0.232 e. The van der Waals surface area contributed by atoms with Crippen molar-refractivity contribution in [1.82, 2.24) is 9.97 Å². The van der Waals surface area contributed by atoms with E-state index in [1.165, 1.54) is 0 Å². The van der Waals surface area contributed by atoms with E-state index >= 15 is 0 Å². The van der Waals surface area contributed by atoms with Gasteiger partial charge in [0.05, 0.1) is 19.0 Å². The first kappa shape index (κ1) is 6.01. The van der Waals surface area contributed by atoms with E-state index in [1.54, 1.807) is 19.5 Å². The summed E-state index contributed by atoms with van der Waals surface area (Å²) in [5.74, 6) is 0.565. The third-order valence-electron chi connectivity index (χ3n) is 0.942. The molecule has 3 heteroatoms. The number of rotatable bonds is 1. The van der Waals surface area contributed by atoms with Crippen LogP contribution in [0.25, 0.3) is 0 Å². The molecule has 0 aliphatic rings. The van der Waals surface area contributed by atoms with Crippen molar-refractivity contribution in [3.8, 4) is 5.88 Å². The van der Waals surface area contributed by atoms with Crippen molar-refractivity contribution in [3.63, 3.8) is 0 Å². The fourth-order valence-corrected chi connectivity index (χ4v) is 0.539. The second kappa shape index (κ2) is 2.44. The zero-order chi connectivity index (χ0) is 6.69. The van der Waals surface area contributed by atoms with Gasteiger partial charge in [-0.15, -0.1) is 0 Å². The summed E-state index contributed by atoms with van der Waals surface area (Å²) in [5, 5.41) is 0. The lowest BCUT2D eigenvalue weighted by molar-refractivity contribution is 0.394. The van der Waals surface area contributed by atoms with E-state index in [0.29, 0.717) is 5.88 Å². The van der Waals surface area contributed by atoms with E-state index in [-0.39, 0.29) is 0 Å². The number of aromatic nitrogens is 2. The second-order valence-corrected chi connectivity index (χ2v) is 1.70. The maximum absolute atomic E-state index is 4.82. The van der Waals surface area contributed by atoms with Crippen LogP contribution in [0.1, 0.15) is 5.69 Å². The Morgan fingerprint density at radius 2 is 2.22 bits per heavy atom. The van der Waals surface area contributed by atoms with E-state index in [4.69, 9.17) is 4.74 Å². The zero-order valence-electron chi connectivity index (χ0n) is 5.46. The van der Waals surface area contributed by atoms with Crippen LogP contribution in [0.3, 0.4) is 0 Å². The number of methoxy groups -OCH3 is 1. The molecule has 0 spiro atoms. The topological polar surface area (TPSA) is 35.0 Å². The average Bonchev–Trinajstić information content (AvgIpc) is 1.88. The molecule has 0 radical (unpaired) electrons. The van der Waals surface area contributed by atoms with Crippen LogP contribution in [0.2, 0.25) is 0 Å². The van der Waals surface area contributed by atoms with E-state index < -0.39 is 0 Å². The number of ether oxygens (including phenoxy) is 1. The number of nitrogens with zero attached hydrogens (tertiary/aromatic N) is 2. The molecule has 1 rings (SSSR count). The van der Waals surface area contributed by atoms with Crippen LogP contribution in [0.15, 0.2) is 12.4 Å².